The van der Waals surface area contributed by atoms with Crippen molar-refractivity contribution in [2.45, 2.75) is 26.3 Å². The lowest BCUT2D eigenvalue weighted by atomic mass is 9.95. The minimum absolute atomic E-state index is 0.0729. The summed E-state index contributed by atoms with van der Waals surface area (Å²) >= 11 is 0. The average Bonchev–Trinajstić information content (AvgIpc) is 2.48. The van der Waals surface area contributed by atoms with Crippen LogP contribution in [0, 0.1) is 5.92 Å². The summed E-state index contributed by atoms with van der Waals surface area (Å²) in [4.78, 5) is 12.1. The molecule has 0 aliphatic carbocycles. The number of carbonyl (C=O) groups excluding carboxylic acids is 1. The van der Waals surface area contributed by atoms with Crippen LogP contribution in [-0.2, 0) is 0 Å². The summed E-state index contributed by atoms with van der Waals surface area (Å²) in [5.41, 5.74) is 8.97. The molecular weight excluding hydrogens is 246 g/mol. The predicted molar refractivity (Wildman–Crippen MR) is 83.6 cm³/mol. The maximum atomic E-state index is 12.1. The Bertz CT molecular complexity index is 558. The molecule has 2 N–H and O–H groups in total. The van der Waals surface area contributed by atoms with Gasteiger partial charge in [-0.1, -0.05) is 68.4 Å². The Balaban J connectivity index is 2.11. The molecule has 104 valence electrons. The first kappa shape index (κ1) is 14.5. The fourth-order valence-electron chi connectivity index (χ4n) is 2.05. The molecule has 1 atom stereocenters. The molecule has 0 aromatic heterocycles. The first-order valence-corrected chi connectivity index (χ1v) is 7.02. The second kappa shape index (κ2) is 6.49. The van der Waals surface area contributed by atoms with E-state index in [1.807, 2.05) is 56.3 Å². The van der Waals surface area contributed by atoms with Gasteiger partial charge in [-0.25, -0.2) is 0 Å². The number of nitrogens with two attached hydrogens (primary N) is 1. The summed E-state index contributed by atoms with van der Waals surface area (Å²) < 4.78 is 0. The average molecular weight is 267 g/mol. The van der Waals surface area contributed by atoms with Crippen LogP contribution < -0.4 is 5.73 Å². The monoisotopic (exact) mass is 267 g/mol. The summed E-state index contributed by atoms with van der Waals surface area (Å²) in [6.45, 7) is 4.08. The number of Topliss-reactive ketones (excluding diaryl/α,β-unsaturated/α-hetero) is 1. The highest BCUT2D eigenvalue weighted by molar-refractivity contribution is 5.96. The maximum Gasteiger partial charge on any atom is 0.164 e. The van der Waals surface area contributed by atoms with Crippen molar-refractivity contribution in [2.24, 2.45) is 11.7 Å². The minimum atomic E-state index is -0.0729. The molecule has 0 saturated heterocycles. The lowest BCUT2D eigenvalue weighted by Gasteiger charge is -2.14. The summed E-state index contributed by atoms with van der Waals surface area (Å²) in [6, 6.07) is 17.8. The van der Waals surface area contributed by atoms with Gasteiger partial charge in [0.15, 0.2) is 5.78 Å². The molecule has 0 bridgehead atoms. The van der Waals surface area contributed by atoms with Gasteiger partial charge in [0.05, 0.1) is 0 Å². The van der Waals surface area contributed by atoms with Gasteiger partial charge in [0.25, 0.3) is 0 Å². The van der Waals surface area contributed by atoms with Crippen molar-refractivity contribution < 1.29 is 4.79 Å². The van der Waals surface area contributed by atoms with Crippen molar-refractivity contribution in [3.05, 3.63) is 60.2 Å². The highest BCUT2D eigenvalue weighted by atomic mass is 16.1. The molecule has 2 rings (SSSR count). The number of hydrogen-bond donors (Lipinski definition) is 1. The zero-order valence-electron chi connectivity index (χ0n) is 12.0. The van der Waals surface area contributed by atoms with Crippen molar-refractivity contribution in [3.63, 3.8) is 0 Å². The summed E-state index contributed by atoms with van der Waals surface area (Å²) in [5, 5.41) is 0. The fourth-order valence-corrected chi connectivity index (χ4v) is 2.05. The van der Waals surface area contributed by atoms with Crippen LogP contribution in [0.15, 0.2) is 54.6 Å². The molecular formula is C18H21NO. The van der Waals surface area contributed by atoms with E-state index < -0.39 is 0 Å². The van der Waals surface area contributed by atoms with E-state index >= 15 is 0 Å². The van der Waals surface area contributed by atoms with E-state index in [4.69, 9.17) is 5.73 Å². The molecule has 2 aromatic carbocycles. The van der Waals surface area contributed by atoms with Crippen molar-refractivity contribution in [3.8, 4) is 11.1 Å². The Morgan fingerprint density at radius 2 is 1.50 bits per heavy atom. The van der Waals surface area contributed by atoms with E-state index in [0.717, 1.165) is 16.7 Å². The van der Waals surface area contributed by atoms with Gasteiger partial charge in [-0.2, -0.15) is 0 Å². The molecule has 2 heteroatoms. The minimum Gasteiger partial charge on any atom is -0.327 e. The van der Waals surface area contributed by atoms with Gasteiger partial charge in [0, 0.05) is 18.0 Å². The molecule has 0 fully saturated rings. The van der Waals surface area contributed by atoms with Gasteiger partial charge in [-0.05, 0) is 17.0 Å². The highest BCUT2D eigenvalue weighted by Gasteiger charge is 2.14. The van der Waals surface area contributed by atoms with Crippen LogP contribution in [0.2, 0.25) is 0 Å². The third-order valence-corrected chi connectivity index (χ3v) is 3.59. The summed E-state index contributed by atoms with van der Waals surface area (Å²) in [6.07, 6.45) is 0.405. The van der Waals surface area contributed by atoms with E-state index in [9.17, 15) is 4.79 Å². The SMILES string of the molecule is CC(C)C(N)CC(=O)c1ccc(-c2ccccc2)cc1. The molecule has 0 aliphatic heterocycles. The third kappa shape index (κ3) is 3.55. The van der Waals surface area contributed by atoms with Gasteiger partial charge >= 0.3 is 0 Å². The molecule has 0 radical (unpaired) electrons. The van der Waals surface area contributed by atoms with Crippen molar-refractivity contribution >= 4 is 5.78 Å². The lowest BCUT2D eigenvalue weighted by Crippen LogP contribution is -2.29. The predicted octanol–water partition coefficient (Wildman–Crippen LogP) is 3.91. The number of rotatable bonds is 5. The molecule has 0 amide bonds. The quantitative estimate of drug-likeness (QED) is 0.835. The molecule has 0 spiro atoms. The van der Waals surface area contributed by atoms with Crippen molar-refractivity contribution in [1.82, 2.24) is 0 Å². The van der Waals surface area contributed by atoms with Gasteiger partial charge < -0.3 is 5.73 Å². The van der Waals surface area contributed by atoms with Crippen LogP contribution in [0.5, 0.6) is 0 Å². The van der Waals surface area contributed by atoms with Crippen molar-refractivity contribution in [1.29, 1.82) is 0 Å². The molecule has 0 heterocycles. The fraction of sp³-hybridized carbons (Fsp3) is 0.278. The number of carbonyl (C=O) groups is 1. The van der Waals surface area contributed by atoms with Crippen LogP contribution >= 0.6 is 0 Å². The topological polar surface area (TPSA) is 43.1 Å². The number of hydrogen-bond acceptors (Lipinski definition) is 2. The normalized spacial score (nSPS) is 12.4. The summed E-state index contributed by atoms with van der Waals surface area (Å²) in [5.74, 6) is 0.438. The lowest BCUT2D eigenvalue weighted by molar-refractivity contribution is 0.0967. The molecule has 0 aliphatic rings. The molecule has 2 nitrogen and oxygen atoms in total. The number of ketones is 1. The second-order valence-corrected chi connectivity index (χ2v) is 5.48. The zero-order chi connectivity index (χ0) is 14.5. The van der Waals surface area contributed by atoms with Crippen molar-refractivity contribution in [2.75, 3.05) is 0 Å². The van der Waals surface area contributed by atoms with E-state index in [0.29, 0.717) is 12.3 Å². The van der Waals surface area contributed by atoms with Gasteiger partial charge in [-0.15, -0.1) is 0 Å². The van der Waals surface area contributed by atoms with E-state index in [-0.39, 0.29) is 11.8 Å². The van der Waals surface area contributed by atoms with E-state index in [2.05, 4.69) is 12.1 Å². The van der Waals surface area contributed by atoms with Crippen LogP contribution in [0.1, 0.15) is 30.6 Å². The largest absolute Gasteiger partial charge is 0.327 e. The van der Waals surface area contributed by atoms with E-state index in [1.165, 1.54) is 0 Å². The van der Waals surface area contributed by atoms with Crippen LogP contribution in [0.25, 0.3) is 11.1 Å². The molecule has 20 heavy (non-hydrogen) atoms. The third-order valence-electron chi connectivity index (χ3n) is 3.59. The second-order valence-electron chi connectivity index (χ2n) is 5.48. The zero-order valence-corrected chi connectivity index (χ0v) is 12.0. The number of benzene rings is 2. The van der Waals surface area contributed by atoms with Crippen LogP contribution in [0.3, 0.4) is 0 Å². The van der Waals surface area contributed by atoms with E-state index in [1.54, 1.807) is 0 Å². The van der Waals surface area contributed by atoms with Crippen LogP contribution in [-0.4, -0.2) is 11.8 Å². The van der Waals surface area contributed by atoms with Gasteiger partial charge in [0.2, 0.25) is 0 Å². The Morgan fingerprint density at radius 3 is 2.05 bits per heavy atom. The Hall–Kier alpha value is -1.93. The smallest absolute Gasteiger partial charge is 0.164 e. The Morgan fingerprint density at radius 1 is 0.950 bits per heavy atom. The Labute approximate surface area is 120 Å². The first-order valence-electron chi connectivity index (χ1n) is 7.02. The standard InChI is InChI=1S/C18H21NO/c1-13(2)17(19)12-18(20)16-10-8-15(9-11-16)14-6-4-3-5-7-14/h3-11,13,17H,12,19H2,1-2H3. The summed E-state index contributed by atoms with van der Waals surface area (Å²) in [7, 11) is 0. The maximum absolute atomic E-state index is 12.1. The van der Waals surface area contributed by atoms with Gasteiger partial charge in [-0.3, -0.25) is 4.79 Å². The van der Waals surface area contributed by atoms with Gasteiger partial charge in [0.1, 0.15) is 0 Å². The molecule has 2 aromatic rings. The molecule has 0 saturated carbocycles. The molecule has 1 unspecified atom stereocenters. The highest BCUT2D eigenvalue weighted by Crippen LogP contribution is 2.20. The van der Waals surface area contributed by atoms with Crippen LogP contribution in [0.4, 0.5) is 0 Å². The first-order chi connectivity index (χ1) is 9.58. The Kier molecular flexibility index (Phi) is 4.70.